The molecule has 0 aliphatic carbocycles. The summed E-state index contributed by atoms with van der Waals surface area (Å²) in [5, 5.41) is 2.35. The van der Waals surface area contributed by atoms with Crippen LogP contribution in [-0.2, 0) is 11.0 Å². The Balaban J connectivity index is 2.02. The lowest BCUT2D eigenvalue weighted by molar-refractivity contribution is -0.137. The molecule has 1 aromatic rings. The van der Waals surface area contributed by atoms with Crippen LogP contribution in [0.3, 0.4) is 0 Å². The first-order chi connectivity index (χ1) is 10.9. The van der Waals surface area contributed by atoms with Crippen molar-refractivity contribution in [1.82, 2.24) is 4.90 Å². The maximum Gasteiger partial charge on any atom is 0.418 e. The van der Waals surface area contributed by atoms with E-state index in [1.807, 2.05) is 4.90 Å². The number of likely N-dealkylation sites (tertiary alicyclic amines) is 1. The summed E-state index contributed by atoms with van der Waals surface area (Å²) in [6, 6.07) is 3.35. The molecule has 1 aromatic carbocycles. The molecule has 1 aliphatic rings. The van der Waals surface area contributed by atoms with Crippen LogP contribution in [0.25, 0.3) is 0 Å². The van der Waals surface area contributed by atoms with Crippen molar-refractivity contribution in [2.45, 2.75) is 38.3 Å². The fourth-order valence-corrected chi connectivity index (χ4v) is 2.90. The van der Waals surface area contributed by atoms with Gasteiger partial charge in [-0.15, -0.1) is 0 Å². The molecule has 0 unspecified atom stereocenters. The van der Waals surface area contributed by atoms with E-state index in [0.717, 1.165) is 44.8 Å². The van der Waals surface area contributed by atoms with E-state index in [4.69, 9.17) is 11.6 Å². The predicted octanol–water partition coefficient (Wildman–Crippen LogP) is 4.56. The van der Waals surface area contributed by atoms with Gasteiger partial charge in [0.15, 0.2) is 0 Å². The number of amides is 1. The third kappa shape index (κ3) is 5.70. The number of hydrogen-bond acceptors (Lipinski definition) is 2. The van der Waals surface area contributed by atoms with Gasteiger partial charge in [0.2, 0.25) is 5.91 Å². The number of carbonyl (C=O) groups is 1. The number of benzene rings is 1. The molecule has 0 aromatic heterocycles. The van der Waals surface area contributed by atoms with Gasteiger partial charge in [-0.2, -0.15) is 13.2 Å². The molecule has 0 radical (unpaired) electrons. The quantitative estimate of drug-likeness (QED) is 0.868. The van der Waals surface area contributed by atoms with Crippen LogP contribution in [0.2, 0.25) is 5.02 Å². The lowest BCUT2D eigenvalue weighted by Gasteiger charge is -2.24. The first-order valence-electron chi connectivity index (χ1n) is 7.75. The van der Waals surface area contributed by atoms with E-state index in [0.29, 0.717) is 0 Å². The highest BCUT2D eigenvalue weighted by atomic mass is 35.5. The Labute approximate surface area is 138 Å². The van der Waals surface area contributed by atoms with Crippen molar-refractivity contribution in [3.05, 3.63) is 28.8 Å². The molecule has 2 rings (SSSR count). The average molecular weight is 349 g/mol. The fourth-order valence-electron chi connectivity index (χ4n) is 2.72. The number of hydrogen-bond donors (Lipinski definition) is 1. The molecular formula is C16H20ClF3N2O. The largest absolute Gasteiger partial charge is 0.418 e. The molecule has 3 nitrogen and oxygen atoms in total. The Morgan fingerprint density at radius 3 is 2.35 bits per heavy atom. The highest BCUT2D eigenvalue weighted by Gasteiger charge is 2.34. The zero-order valence-corrected chi connectivity index (χ0v) is 13.5. The van der Waals surface area contributed by atoms with Crippen LogP contribution in [-0.4, -0.2) is 30.4 Å². The molecule has 1 fully saturated rings. The van der Waals surface area contributed by atoms with Crippen molar-refractivity contribution >= 4 is 23.2 Å². The molecular weight excluding hydrogens is 329 g/mol. The van der Waals surface area contributed by atoms with E-state index in [2.05, 4.69) is 5.32 Å². The van der Waals surface area contributed by atoms with Crippen LogP contribution in [0.5, 0.6) is 0 Å². The van der Waals surface area contributed by atoms with E-state index in [1.54, 1.807) is 0 Å². The fraction of sp³-hybridized carbons (Fsp3) is 0.562. The molecule has 23 heavy (non-hydrogen) atoms. The molecule has 0 atom stereocenters. The maximum absolute atomic E-state index is 13.0. The topological polar surface area (TPSA) is 32.3 Å². The average Bonchev–Trinajstić information content (AvgIpc) is 2.42. The Morgan fingerprint density at radius 1 is 1.13 bits per heavy atom. The Bertz CT molecular complexity index is 541. The summed E-state index contributed by atoms with van der Waals surface area (Å²) >= 11 is 5.63. The van der Waals surface area contributed by atoms with Gasteiger partial charge in [0.25, 0.3) is 0 Å². The second kappa shape index (κ2) is 8.02. The van der Waals surface area contributed by atoms with Crippen LogP contribution in [0.1, 0.15) is 37.7 Å². The summed E-state index contributed by atoms with van der Waals surface area (Å²) in [6.07, 6.45) is 0.943. The van der Waals surface area contributed by atoms with Crippen LogP contribution in [0.4, 0.5) is 18.9 Å². The smallest absolute Gasteiger partial charge is 0.324 e. The first-order valence-corrected chi connectivity index (χ1v) is 8.13. The van der Waals surface area contributed by atoms with Crippen molar-refractivity contribution in [3.8, 4) is 0 Å². The van der Waals surface area contributed by atoms with Gasteiger partial charge in [0, 0.05) is 5.02 Å². The Morgan fingerprint density at radius 2 is 1.74 bits per heavy atom. The summed E-state index contributed by atoms with van der Waals surface area (Å²) in [5.74, 6) is -0.432. The van der Waals surface area contributed by atoms with E-state index in [1.165, 1.54) is 18.6 Å². The molecule has 1 heterocycles. The molecule has 1 saturated heterocycles. The number of rotatable bonds is 3. The summed E-state index contributed by atoms with van der Waals surface area (Å²) in [6.45, 7) is 1.72. The van der Waals surface area contributed by atoms with Gasteiger partial charge < -0.3 is 5.32 Å². The van der Waals surface area contributed by atoms with Gasteiger partial charge in [-0.05, 0) is 44.1 Å². The van der Waals surface area contributed by atoms with Gasteiger partial charge in [-0.1, -0.05) is 30.9 Å². The van der Waals surface area contributed by atoms with Crippen molar-refractivity contribution in [2.75, 3.05) is 25.0 Å². The van der Waals surface area contributed by atoms with Gasteiger partial charge in [0.1, 0.15) is 0 Å². The summed E-state index contributed by atoms with van der Waals surface area (Å²) in [5.41, 5.74) is -1.18. The minimum Gasteiger partial charge on any atom is -0.324 e. The third-order valence-electron chi connectivity index (χ3n) is 3.88. The van der Waals surface area contributed by atoms with Crippen molar-refractivity contribution in [3.63, 3.8) is 0 Å². The lowest BCUT2D eigenvalue weighted by atomic mass is 10.1. The molecule has 128 valence electrons. The van der Waals surface area contributed by atoms with Crippen molar-refractivity contribution in [2.24, 2.45) is 0 Å². The van der Waals surface area contributed by atoms with Crippen LogP contribution in [0.15, 0.2) is 18.2 Å². The maximum atomic E-state index is 13.0. The van der Waals surface area contributed by atoms with Gasteiger partial charge in [-0.3, -0.25) is 9.69 Å². The third-order valence-corrected chi connectivity index (χ3v) is 4.11. The van der Waals surface area contributed by atoms with E-state index >= 15 is 0 Å². The molecule has 0 saturated carbocycles. The van der Waals surface area contributed by atoms with Gasteiger partial charge in [-0.25, -0.2) is 0 Å². The van der Waals surface area contributed by atoms with E-state index in [9.17, 15) is 18.0 Å². The number of halogens is 4. The molecule has 1 N–H and O–H groups in total. The molecule has 1 aliphatic heterocycles. The second-order valence-electron chi connectivity index (χ2n) is 5.78. The number of alkyl halides is 3. The predicted molar refractivity (Wildman–Crippen MR) is 84.6 cm³/mol. The minimum absolute atomic E-state index is 0.0147. The summed E-state index contributed by atoms with van der Waals surface area (Å²) < 4.78 is 39.0. The van der Waals surface area contributed by atoms with Crippen LogP contribution >= 0.6 is 11.6 Å². The molecule has 1 amide bonds. The van der Waals surface area contributed by atoms with Gasteiger partial charge in [0.05, 0.1) is 17.8 Å². The van der Waals surface area contributed by atoms with E-state index < -0.39 is 17.6 Å². The molecule has 7 heteroatoms. The van der Waals surface area contributed by atoms with Crippen LogP contribution in [0, 0.1) is 0 Å². The number of anilines is 1. The zero-order valence-electron chi connectivity index (χ0n) is 12.8. The van der Waals surface area contributed by atoms with Crippen molar-refractivity contribution in [1.29, 1.82) is 0 Å². The molecule has 0 spiro atoms. The normalized spacial score (nSPS) is 17.4. The highest BCUT2D eigenvalue weighted by Crippen LogP contribution is 2.36. The summed E-state index contributed by atoms with van der Waals surface area (Å²) in [7, 11) is 0. The monoisotopic (exact) mass is 348 g/mol. The Hall–Kier alpha value is -1.27. The van der Waals surface area contributed by atoms with Crippen LogP contribution < -0.4 is 5.32 Å². The first kappa shape index (κ1) is 18.1. The minimum atomic E-state index is -4.56. The zero-order chi connectivity index (χ0) is 16.9. The lowest BCUT2D eigenvalue weighted by Crippen LogP contribution is -2.35. The number of nitrogens with one attached hydrogen (secondary N) is 1. The second-order valence-corrected chi connectivity index (χ2v) is 6.22. The van der Waals surface area contributed by atoms with Gasteiger partial charge >= 0.3 is 6.18 Å². The molecule has 0 bridgehead atoms. The SMILES string of the molecule is O=C(CN1CCCCCCC1)Nc1ccc(Cl)cc1C(F)(F)F. The summed E-state index contributed by atoms with van der Waals surface area (Å²) in [4.78, 5) is 14.1. The standard InChI is InChI=1S/C16H20ClF3N2O/c17-12-6-7-14(13(10-12)16(18,19)20)21-15(23)11-22-8-4-2-1-3-5-9-22/h6-7,10H,1-5,8-9,11H2,(H,21,23). The Kier molecular flexibility index (Phi) is 6.30. The number of carbonyl (C=O) groups excluding carboxylic acids is 1. The number of nitrogens with zero attached hydrogens (tertiary/aromatic N) is 1. The highest BCUT2D eigenvalue weighted by molar-refractivity contribution is 6.30. The van der Waals surface area contributed by atoms with E-state index in [-0.39, 0.29) is 17.3 Å². The van der Waals surface area contributed by atoms with Crippen molar-refractivity contribution < 1.29 is 18.0 Å².